The van der Waals surface area contributed by atoms with Gasteiger partial charge in [0.25, 0.3) is 5.91 Å². The first-order valence-corrected chi connectivity index (χ1v) is 9.13. The Bertz CT molecular complexity index is 869. The predicted octanol–water partition coefficient (Wildman–Crippen LogP) is 2.97. The molecule has 1 aromatic heterocycles. The summed E-state index contributed by atoms with van der Waals surface area (Å²) in [6.45, 7) is 3.84. The molecule has 1 aliphatic rings. The van der Waals surface area contributed by atoms with E-state index in [-0.39, 0.29) is 22.5 Å². The van der Waals surface area contributed by atoms with Crippen LogP contribution in [0, 0.1) is 12.7 Å². The van der Waals surface area contributed by atoms with Crippen LogP contribution in [0.1, 0.15) is 48.5 Å². The molecule has 1 aromatic carbocycles. The van der Waals surface area contributed by atoms with Crippen LogP contribution in [0.3, 0.4) is 0 Å². The minimum Gasteiger partial charge on any atom is -0.322 e. The lowest BCUT2D eigenvalue weighted by molar-refractivity contribution is -0.125. The normalized spacial score (nSPS) is 19.6. The second-order valence-electron chi connectivity index (χ2n) is 6.52. The van der Waals surface area contributed by atoms with Crippen molar-refractivity contribution in [2.75, 3.05) is 5.32 Å². The maximum absolute atomic E-state index is 13.2. The standard InChI is InChI=1S/C18H21ClFN5O2/c1-3-4-12-9-16(26)23-18(21-12)25-15(7-10(2)24-25)22-17(27)13-6-5-11(20)8-14(13)19/h5-8,12,18,21H,3-4,9H2,1-2H3,(H,22,27)(H,23,26). The number of aromatic nitrogens is 2. The number of nitrogens with one attached hydrogen (secondary N) is 3. The summed E-state index contributed by atoms with van der Waals surface area (Å²) in [5, 5.41) is 13.3. The molecule has 3 rings (SSSR count). The van der Waals surface area contributed by atoms with Crippen LogP contribution < -0.4 is 16.0 Å². The van der Waals surface area contributed by atoms with E-state index in [4.69, 9.17) is 11.6 Å². The molecule has 0 bridgehead atoms. The van der Waals surface area contributed by atoms with Crippen molar-refractivity contribution in [2.24, 2.45) is 0 Å². The highest BCUT2D eigenvalue weighted by Crippen LogP contribution is 2.22. The van der Waals surface area contributed by atoms with Crippen molar-refractivity contribution in [3.63, 3.8) is 0 Å². The number of hydrogen-bond donors (Lipinski definition) is 3. The lowest BCUT2D eigenvalue weighted by Gasteiger charge is -2.32. The molecular formula is C18H21ClFN5O2. The van der Waals surface area contributed by atoms with Crippen LogP contribution in [-0.2, 0) is 4.79 Å². The Labute approximate surface area is 161 Å². The topological polar surface area (TPSA) is 88.1 Å². The summed E-state index contributed by atoms with van der Waals surface area (Å²) in [6, 6.07) is 5.29. The molecule has 7 nitrogen and oxygen atoms in total. The number of benzene rings is 1. The van der Waals surface area contributed by atoms with Gasteiger partial charge in [-0.15, -0.1) is 0 Å². The molecule has 27 heavy (non-hydrogen) atoms. The van der Waals surface area contributed by atoms with Gasteiger partial charge in [-0.3, -0.25) is 14.9 Å². The SMILES string of the molecule is CCCC1CC(=O)NC(n2nc(C)cc2NC(=O)c2ccc(F)cc2Cl)N1. The highest BCUT2D eigenvalue weighted by atomic mass is 35.5. The molecule has 2 unspecified atom stereocenters. The number of nitrogens with zero attached hydrogens (tertiary/aromatic N) is 2. The van der Waals surface area contributed by atoms with Gasteiger partial charge in [-0.25, -0.2) is 9.07 Å². The van der Waals surface area contributed by atoms with Crippen molar-refractivity contribution in [2.45, 2.75) is 45.4 Å². The Kier molecular flexibility index (Phi) is 5.76. The van der Waals surface area contributed by atoms with E-state index >= 15 is 0 Å². The van der Waals surface area contributed by atoms with Gasteiger partial charge in [0.15, 0.2) is 6.29 Å². The zero-order chi connectivity index (χ0) is 19.6. The van der Waals surface area contributed by atoms with Crippen molar-refractivity contribution in [3.05, 3.63) is 46.4 Å². The zero-order valence-electron chi connectivity index (χ0n) is 15.1. The Morgan fingerprint density at radius 2 is 2.22 bits per heavy atom. The minimum atomic E-state index is -0.574. The first-order chi connectivity index (χ1) is 12.9. The van der Waals surface area contributed by atoms with E-state index in [1.807, 2.05) is 0 Å². The average molecular weight is 394 g/mol. The van der Waals surface area contributed by atoms with E-state index in [0.29, 0.717) is 17.9 Å². The van der Waals surface area contributed by atoms with Crippen LogP contribution in [0.15, 0.2) is 24.3 Å². The lowest BCUT2D eigenvalue weighted by atomic mass is 10.1. The van der Waals surface area contributed by atoms with Crippen molar-refractivity contribution in [1.29, 1.82) is 0 Å². The molecule has 3 N–H and O–H groups in total. The molecule has 2 atom stereocenters. The lowest BCUT2D eigenvalue weighted by Crippen LogP contribution is -2.53. The van der Waals surface area contributed by atoms with E-state index in [1.54, 1.807) is 13.0 Å². The molecule has 2 heterocycles. The van der Waals surface area contributed by atoms with Gasteiger partial charge in [0, 0.05) is 18.5 Å². The van der Waals surface area contributed by atoms with E-state index in [0.717, 1.165) is 18.9 Å². The van der Waals surface area contributed by atoms with Gasteiger partial charge in [-0.1, -0.05) is 24.9 Å². The molecule has 9 heteroatoms. The Balaban J connectivity index is 1.83. The second-order valence-corrected chi connectivity index (χ2v) is 6.93. The minimum absolute atomic E-state index is 0.0161. The summed E-state index contributed by atoms with van der Waals surface area (Å²) in [4.78, 5) is 24.6. The number of carbonyl (C=O) groups is 2. The van der Waals surface area contributed by atoms with Crippen molar-refractivity contribution in [1.82, 2.24) is 20.4 Å². The summed E-state index contributed by atoms with van der Waals surface area (Å²) in [5.74, 6) is -0.695. The molecule has 2 aromatic rings. The largest absolute Gasteiger partial charge is 0.322 e. The number of aryl methyl sites for hydroxylation is 1. The van der Waals surface area contributed by atoms with Crippen LogP contribution in [0.5, 0.6) is 0 Å². The molecular weight excluding hydrogens is 373 g/mol. The van der Waals surface area contributed by atoms with Gasteiger partial charge in [-0.05, 0) is 31.5 Å². The maximum Gasteiger partial charge on any atom is 0.258 e. The first-order valence-electron chi connectivity index (χ1n) is 8.75. The van der Waals surface area contributed by atoms with Crippen LogP contribution in [0.25, 0.3) is 0 Å². The molecule has 144 valence electrons. The molecule has 0 radical (unpaired) electrons. The highest BCUT2D eigenvalue weighted by molar-refractivity contribution is 6.34. The van der Waals surface area contributed by atoms with Crippen LogP contribution >= 0.6 is 11.6 Å². The molecule has 2 amide bonds. The summed E-state index contributed by atoms with van der Waals surface area (Å²) < 4.78 is 14.7. The number of amides is 2. The van der Waals surface area contributed by atoms with Gasteiger partial charge in [0.05, 0.1) is 16.3 Å². The fourth-order valence-corrected chi connectivity index (χ4v) is 3.34. The molecule has 1 aliphatic heterocycles. The zero-order valence-corrected chi connectivity index (χ0v) is 15.8. The average Bonchev–Trinajstić information content (AvgIpc) is 2.95. The third-order valence-corrected chi connectivity index (χ3v) is 4.59. The maximum atomic E-state index is 13.2. The number of rotatable bonds is 5. The molecule has 1 saturated heterocycles. The first kappa shape index (κ1) is 19.3. The van der Waals surface area contributed by atoms with Crippen molar-refractivity contribution in [3.8, 4) is 0 Å². The Morgan fingerprint density at radius 3 is 2.93 bits per heavy atom. The van der Waals surface area contributed by atoms with E-state index in [2.05, 4.69) is 28.0 Å². The van der Waals surface area contributed by atoms with Crippen LogP contribution in [-0.4, -0.2) is 27.6 Å². The van der Waals surface area contributed by atoms with E-state index < -0.39 is 18.0 Å². The van der Waals surface area contributed by atoms with Gasteiger partial charge in [0.1, 0.15) is 11.6 Å². The summed E-state index contributed by atoms with van der Waals surface area (Å²) >= 11 is 5.96. The molecule has 0 aliphatic carbocycles. The molecule has 0 spiro atoms. The van der Waals surface area contributed by atoms with Gasteiger partial charge < -0.3 is 10.6 Å². The van der Waals surface area contributed by atoms with Gasteiger partial charge in [0.2, 0.25) is 5.91 Å². The van der Waals surface area contributed by atoms with Crippen LogP contribution in [0.4, 0.5) is 10.2 Å². The van der Waals surface area contributed by atoms with Gasteiger partial charge in [-0.2, -0.15) is 5.10 Å². The Hall–Kier alpha value is -2.45. The molecule has 1 fully saturated rings. The summed E-state index contributed by atoms with van der Waals surface area (Å²) in [6.07, 6.45) is 1.63. The number of halogens is 2. The van der Waals surface area contributed by atoms with Crippen molar-refractivity contribution < 1.29 is 14.0 Å². The number of carbonyl (C=O) groups excluding carboxylic acids is 2. The van der Waals surface area contributed by atoms with Gasteiger partial charge >= 0.3 is 0 Å². The summed E-state index contributed by atoms with van der Waals surface area (Å²) in [7, 11) is 0. The third kappa shape index (κ3) is 4.45. The number of anilines is 1. The fraction of sp³-hybridized carbons (Fsp3) is 0.389. The number of hydrogen-bond acceptors (Lipinski definition) is 4. The van der Waals surface area contributed by atoms with Crippen LogP contribution in [0.2, 0.25) is 5.02 Å². The summed E-state index contributed by atoms with van der Waals surface area (Å²) in [5.41, 5.74) is 0.817. The third-order valence-electron chi connectivity index (χ3n) is 4.28. The Morgan fingerprint density at radius 1 is 1.44 bits per heavy atom. The molecule has 0 saturated carbocycles. The van der Waals surface area contributed by atoms with Crippen molar-refractivity contribution >= 4 is 29.2 Å². The predicted molar refractivity (Wildman–Crippen MR) is 100.0 cm³/mol. The second kappa shape index (κ2) is 8.06. The van der Waals surface area contributed by atoms with E-state index in [1.165, 1.54) is 16.8 Å². The van der Waals surface area contributed by atoms with E-state index in [9.17, 15) is 14.0 Å². The quantitative estimate of drug-likeness (QED) is 0.728. The smallest absolute Gasteiger partial charge is 0.258 e. The highest BCUT2D eigenvalue weighted by Gasteiger charge is 2.28. The fourth-order valence-electron chi connectivity index (χ4n) is 3.09. The monoisotopic (exact) mass is 393 g/mol.